The predicted molar refractivity (Wildman–Crippen MR) is 95.7 cm³/mol. The Bertz CT molecular complexity index is 615. The maximum atomic E-state index is 12.1. The van der Waals surface area contributed by atoms with E-state index in [2.05, 4.69) is 5.32 Å². The second-order valence-corrected chi connectivity index (χ2v) is 7.69. The van der Waals surface area contributed by atoms with Crippen molar-refractivity contribution in [1.82, 2.24) is 5.32 Å². The number of carbonyl (C=O) groups is 2. The summed E-state index contributed by atoms with van der Waals surface area (Å²) in [6.07, 6.45) is -16.9. The van der Waals surface area contributed by atoms with Gasteiger partial charge >= 0.3 is 29.6 Å². The fourth-order valence-electron chi connectivity index (χ4n) is 3.55. The Balaban J connectivity index is 0.00000961. The van der Waals surface area contributed by atoms with Gasteiger partial charge in [-0.2, -0.15) is 0 Å². The van der Waals surface area contributed by atoms with Crippen molar-refractivity contribution in [3.8, 4) is 0 Å². The minimum Gasteiger partial charge on any atom is -0.844 e. The van der Waals surface area contributed by atoms with E-state index in [1.165, 1.54) is 0 Å². The fourth-order valence-corrected chi connectivity index (χ4v) is 3.55. The summed E-state index contributed by atoms with van der Waals surface area (Å²) in [6, 6.07) is -1.41. The number of aliphatic hydroxyl groups excluding tert-OH is 7. The van der Waals surface area contributed by atoms with Gasteiger partial charge in [-0.05, 0) is 6.10 Å². The van der Waals surface area contributed by atoms with Gasteiger partial charge in [0.25, 0.3) is 0 Å². The molecule has 0 saturated carbocycles. The first kappa shape index (κ1) is 31.7. The van der Waals surface area contributed by atoms with Crippen molar-refractivity contribution in [2.45, 2.75) is 79.9 Å². The molecule has 15 heteroatoms. The van der Waals surface area contributed by atoms with Crippen molar-refractivity contribution in [3.05, 3.63) is 0 Å². The van der Waals surface area contributed by atoms with Crippen molar-refractivity contribution in [3.63, 3.8) is 0 Å². The second kappa shape index (κ2) is 13.0. The summed E-state index contributed by atoms with van der Waals surface area (Å²) < 4.78 is 5.29. The van der Waals surface area contributed by atoms with Crippen LogP contribution >= 0.6 is 0 Å². The van der Waals surface area contributed by atoms with E-state index in [-0.39, 0.29) is 35.8 Å². The Morgan fingerprint density at radius 3 is 2.22 bits per heavy atom. The van der Waals surface area contributed by atoms with E-state index in [1.54, 1.807) is 0 Å². The van der Waals surface area contributed by atoms with E-state index in [1.807, 2.05) is 0 Å². The monoisotopic (exact) mass is 479 g/mol. The molecule has 0 aromatic carbocycles. The van der Waals surface area contributed by atoms with E-state index >= 15 is 0 Å². The van der Waals surface area contributed by atoms with Gasteiger partial charge in [-0.1, -0.05) is 0 Å². The third-order valence-corrected chi connectivity index (χ3v) is 5.18. The summed E-state index contributed by atoms with van der Waals surface area (Å²) in [7, 11) is 0. The molecular formula is C17H30NNaO13. The molecule has 0 spiro atoms. The summed E-state index contributed by atoms with van der Waals surface area (Å²) in [6.45, 7) is -1.02. The van der Waals surface area contributed by atoms with Crippen LogP contribution in [0.25, 0.3) is 0 Å². The Morgan fingerprint density at radius 2 is 1.78 bits per heavy atom. The normalized spacial score (nSPS) is 32.4. The van der Waals surface area contributed by atoms with Crippen LogP contribution in [0.1, 0.15) is 19.8 Å². The maximum Gasteiger partial charge on any atom is 1.00 e. The average molecular weight is 479 g/mol. The minimum atomic E-state index is -3.11. The van der Waals surface area contributed by atoms with Crippen LogP contribution in [0.15, 0.2) is 0 Å². The van der Waals surface area contributed by atoms with Crippen LogP contribution in [0.5, 0.6) is 0 Å². The summed E-state index contributed by atoms with van der Waals surface area (Å²) in [4.78, 5) is 22.4. The Morgan fingerprint density at radius 1 is 1.25 bits per heavy atom. The van der Waals surface area contributed by atoms with E-state index in [0.29, 0.717) is 0 Å². The molecule has 1 aliphatic heterocycles. The Labute approximate surface area is 205 Å². The molecule has 0 radical (unpaired) electrons. The number of amides is 1. The maximum absolute atomic E-state index is 12.1. The molecule has 32 heavy (non-hydrogen) atoms. The quantitative estimate of drug-likeness (QED) is 0.0976. The van der Waals surface area contributed by atoms with Crippen molar-refractivity contribution in [1.29, 1.82) is 0 Å². The van der Waals surface area contributed by atoms with E-state index in [0.717, 1.165) is 6.92 Å². The number of aliphatic hydroxyl groups is 9. The van der Waals surface area contributed by atoms with Crippen molar-refractivity contribution in [2.75, 3.05) is 13.2 Å². The van der Waals surface area contributed by atoms with Gasteiger partial charge in [0, 0.05) is 19.8 Å². The molecule has 10 N–H and O–H groups in total. The second-order valence-electron chi connectivity index (χ2n) is 7.69. The molecule has 0 aromatic heterocycles. The van der Waals surface area contributed by atoms with Gasteiger partial charge in [-0.3, -0.25) is 4.79 Å². The number of carbonyl (C=O) groups excluding carboxylic acids is 2. The molecule has 1 aliphatic rings. The predicted octanol–water partition coefficient (Wildman–Crippen LogP) is -10.2. The van der Waals surface area contributed by atoms with E-state index < -0.39 is 92.1 Å². The van der Waals surface area contributed by atoms with Crippen LogP contribution in [-0.4, -0.2) is 132 Å². The summed E-state index contributed by atoms with van der Waals surface area (Å²) in [5.41, 5.74) is -3.11. The summed E-state index contributed by atoms with van der Waals surface area (Å²) >= 11 is 0. The van der Waals surface area contributed by atoms with Gasteiger partial charge in [0.2, 0.25) is 5.91 Å². The molecule has 1 fully saturated rings. The number of rotatable bonds is 11. The van der Waals surface area contributed by atoms with E-state index in [4.69, 9.17) is 14.9 Å². The number of ether oxygens (including phenoxy) is 1. The first-order valence-electron chi connectivity index (χ1n) is 9.39. The van der Waals surface area contributed by atoms with Gasteiger partial charge < -0.3 is 65.9 Å². The average Bonchev–Trinajstić information content (AvgIpc) is 2.71. The molecule has 182 valence electrons. The molecular weight excluding hydrogens is 449 g/mol. The molecule has 0 bridgehead atoms. The van der Waals surface area contributed by atoms with Crippen molar-refractivity contribution >= 4 is 12.2 Å². The SMILES string of the molecule is CC(=O)N[C@H]1[C@H]([C@H](O)[C@H](O)CO)O[C@](O)(C[C@@](O)([C@@H]([O-])C=O)[C@@H](O)[C@H](O)CO)C[C@@H]1O.[Na+]. The molecule has 0 aromatic rings. The smallest absolute Gasteiger partial charge is 0.844 e. The molecule has 1 heterocycles. The Kier molecular flexibility index (Phi) is 12.8. The largest absolute Gasteiger partial charge is 1.00 e. The van der Waals surface area contributed by atoms with Gasteiger partial charge in [0.15, 0.2) is 5.79 Å². The zero-order valence-electron chi connectivity index (χ0n) is 17.7. The molecule has 0 unspecified atom stereocenters. The molecule has 14 nitrogen and oxygen atoms in total. The van der Waals surface area contributed by atoms with Crippen LogP contribution in [0.4, 0.5) is 0 Å². The first-order chi connectivity index (χ1) is 14.3. The van der Waals surface area contributed by atoms with E-state index in [9.17, 15) is 50.4 Å². The molecule has 1 saturated heterocycles. The standard InChI is InChI=1S/C17H30NO13.Na/c1-7(22)18-12-8(23)2-16(29,31-14(12)13(27)9(24)3-19)6-17(30,11(26)5-21)15(28)10(25)4-20;/h5,8-15,19-20,23-25,27-30H,2-4,6H2,1H3,(H,18,22);/q-1;+1/t8-,9+,10+,11-,12+,13+,14+,15-,16-,17+;/m0./s1. The van der Waals surface area contributed by atoms with Crippen LogP contribution in [-0.2, 0) is 14.3 Å². The van der Waals surface area contributed by atoms with Gasteiger partial charge in [0.1, 0.15) is 36.8 Å². The van der Waals surface area contributed by atoms with Gasteiger partial charge in [0.05, 0.1) is 31.0 Å². The molecule has 1 rings (SSSR count). The van der Waals surface area contributed by atoms with Crippen molar-refractivity contribution < 1.29 is 94.9 Å². The van der Waals surface area contributed by atoms with Crippen LogP contribution in [0.2, 0.25) is 0 Å². The number of aldehydes is 1. The zero-order valence-corrected chi connectivity index (χ0v) is 19.7. The third kappa shape index (κ3) is 7.35. The molecule has 10 atom stereocenters. The topological polar surface area (TPSA) is 261 Å². The third-order valence-electron chi connectivity index (χ3n) is 5.18. The van der Waals surface area contributed by atoms with Crippen LogP contribution in [0, 0.1) is 0 Å². The summed E-state index contributed by atoms with van der Waals surface area (Å²) in [5.74, 6) is -3.42. The van der Waals surface area contributed by atoms with Crippen molar-refractivity contribution in [2.24, 2.45) is 0 Å². The van der Waals surface area contributed by atoms with Crippen LogP contribution in [0.3, 0.4) is 0 Å². The number of nitrogens with one attached hydrogen (secondary N) is 1. The minimum absolute atomic E-state index is 0. The van der Waals surface area contributed by atoms with Gasteiger partial charge in [-0.25, -0.2) is 0 Å². The first-order valence-corrected chi connectivity index (χ1v) is 9.39. The van der Waals surface area contributed by atoms with Gasteiger partial charge in [-0.15, -0.1) is 0 Å². The molecule has 1 amide bonds. The fraction of sp³-hybridized carbons (Fsp3) is 0.882. The zero-order chi connectivity index (χ0) is 24.1. The molecule has 0 aliphatic carbocycles. The number of hydrogen-bond acceptors (Lipinski definition) is 13. The number of hydrogen-bond donors (Lipinski definition) is 10. The summed E-state index contributed by atoms with van der Waals surface area (Å²) in [5, 5.41) is 104. The van der Waals surface area contributed by atoms with Crippen LogP contribution < -0.4 is 40.0 Å². The Hall–Kier alpha value is -0.300.